The van der Waals surface area contributed by atoms with Crippen LogP contribution in [0.2, 0.25) is 0 Å². The number of hydrogen-bond donors (Lipinski definition) is 1. The summed E-state index contributed by atoms with van der Waals surface area (Å²) in [6.07, 6.45) is 2.47. The molecule has 0 aliphatic heterocycles. The number of amides is 1. The Kier molecular flexibility index (Phi) is 4.55. The van der Waals surface area contributed by atoms with Crippen LogP contribution in [0.15, 0.2) is 41.8 Å². The van der Waals surface area contributed by atoms with Crippen LogP contribution >= 0.6 is 11.3 Å². The van der Waals surface area contributed by atoms with Crippen LogP contribution in [0, 0.1) is 6.92 Å². The monoisotopic (exact) mass is 301 g/mol. The molecule has 108 valence electrons. The Labute approximate surface area is 127 Å². The van der Waals surface area contributed by atoms with Gasteiger partial charge in [-0.3, -0.25) is 4.79 Å². The lowest BCUT2D eigenvalue weighted by molar-refractivity contribution is -0.131. The van der Waals surface area contributed by atoms with Crippen molar-refractivity contribution in [1.82, 2.24) is 0 Å². The number of carboxylic acid groups (broad SMARTS) is 1. The lowest BCUT2D eigenvalue weighted by Gasteiger charge is -2.17. The van der Waals surface area contributed by atoms with Crippen molar-refractivity contribution >= 4 is 35.0 Å². The highest BCUT2D eigenvalue weighted by molar-refractivity contribution is 7.12. The third-order valence-electron chi connectivity index (χ3n) is 2.99. The van der Waals surface area contributed by atoms with Crippen molar-refractivity contribution in [3.8, 4) is 0 Å². The van der Waals surface area contributed by atoms with E-state index in [2.05, 4.69) is 0 Å². The highest BCUT2D eigenvalue weighted by Crippen LogP contribution is 2.23. The van der Waals surface area contributed by atoms with Crippen LogP contribution in [-0.2, 0) is 4.79 Å². The average Bonchev–Trinajstić information content (AvgIpc) is 2.92. The highest BCUT2D eigenvalue weighted by atomic mass is 32.1. The minimum Gasteiger partial charge on any atom is -0.478 e. The molecule has 1 aromatic carbocycles. The van der Waals surface area contributed by atoms with Gasteiger partial charge in [-0.15, -0.1) is 11.3 Å². The van der Waals surface area contributed by atoms with E-state index in [9.17, 15) is 9.59 Å². The molecular weight excluding hydrogens is 286 g/mol. The fourth-order valence-corrected chi connectivity index (χ4v) is 2.75. The van der Waals surface area contributed by atoms with E-state index in [0.717, 1.165) is 17.3 Å². The van der Waals surface area contributed by atoms with Gasteiger partial charge in [0.15, 0.2) is 0 Å². The SMILES string of the molecule is Cc1cccc(N(C)C(=O)c2sccc2C=CC(=O)O)c1. The van der Waals surface area contributed by atoms with Gasteiger partial charge < -0.3 is 10.0 Å². The third kappa shape index (κ3) is 3.58. The zero-order valence-corrected chi connectivity index (χ0v) is 12.6. The Balaban J connectivity index is 2.28. The van der Waals surface area contributed by atoms with Crippen LogP contribution in [-0.4, -0.2) is 24.0 Å². The predicted octanol–water partition coefficient (Wildman–Crippen LogP) is 3.43. The van der Waals surface area contributed by atoms with Crippen LogP contribution in [0.5, 0.6) is 0 Å². The summed E-state index contributed by atoms with van der Waals surface area (Å²) in [5, 5.41) is 10.5. The number of hydrogen-bond acceptors (Lipinski definition) is 3. The number of rotatable bonds is 4. The summed E-state index contributed by atoms with van der Waals surface area (Å²) in [6, 6.07) is 9.40. The van der Waals surface area contributed by atoms with Gasteiger partial charge in [-0.05, 0) is 47.7 Å². The molecule has 1 heterocycles. The Morgan fingerprint density at radius 3 is 2.71 bits per heavy atom. The number of aryl methyl sites for hydroxylation is 1. The van der Waals surface area contributed by atoms with Gasteiger partial charge in [0.25, 0.3) is 5.91 Å². The fraction of sp³-hybridized carbons (Fsp3) is 0.125. The standard InChI is InChI=1S/C16H15NO3S/c1-11-4-3-5-13(10-11)17(2)16(20)15-12(8-9-21-15)6-7-14(18)19/h3-10H,1-2H3,(H,18,19). The van der Waals surface area contributed by atoms with E-state index in [4.69, 9.17) is 5.11 Å². The molecule has 5 heteroatoms. The zero-order chi connectivity index (χ0) is 15.4. The molecule has 0 radical (unpaired) electrons. The highest BCUT2D eigenvalue weighted by Gasteiger charge is 2.17. The third-order valence-corrected chi connectivity index (χ3v) is 3.91. The van der Waals surface area contributed by atoms with E-state index in [1.807, 2.05) is 31.2 Å². The van der Waals surface area contributed by atoms with Crippen molar-refractivity contribution < 1.29 is 14.7 Å². The van der Waals surface area contributed by atoms with Gasteiger partial charge >= 0.3 is 5.97 Å². The summed E-state index contributed by atoms with van der Waals surface area (Å²) >= 11 is 1.30. The first-order valence-electron chi connectivity index (χ1n) is 6.32. The number of carbonyl (C=O) groups excluding carboxylic acids is 1. The molecule has 1 N–H and O–H groups in total. The quantitative estimate of drug-likeness (QED) is 0.880. The van der Waals surface area contributed by atoms with Gasteiger partial charge in [-0.1, -0.05) is 12.1 Å². The van der Waals surface area contributed by atoms with Crippen molar-refractivity contribution in [2.75, 3.05) is 11.9 Å². The Morgan fingerprint density at radius 2 is 2.05 bits per heavy atom. The molecule has 0 atom stereocenters. The molecule has 0 bridgehead atoms. The maximum Gasteiger partial charge on any atom is 0.328 e. The smallest absolute Gasteiger partial charge is 0.328 e. The Morgan fingerprint density at radius 1 is 1.29 bits per heavy atom. The van der Waals surface area contributed by atoms with Gasteiger partial charge in [0.1, 0.15) is 0 Å². The topological polar surface area (TPSA) is 57.6 Å². The molecule has 0 saturated carbocycles. The first kappa shape index (κ1) is 15.0. The van der Waals surface area contributed by atoms with E-state index in [0.29, 0.717) is 10.4 Å². The normalized spacial score (nSPS) is 10.8. The number of aliphatic carboxylic acids is 1. The van der Waals surface area contributed by atoms with Crippen molar-refractivity contribution in [1.29, 1.82) is 0 Å². The first-order chi connectivity index (χ1) is 9.99. The van der Waals surface area contributed by atoms with Gasteiger partial charge in [-0.25, -0.2) is 4.79 Å². The lowest BCUT2D eigenvalue weighted by Crippen LogP contribution is -2.25. The lowest BCUT2D eigenvalue weighted by atomic mass is 10.2. The number of thiophene rings is 1. The predicted molar refractivity (Wildman–Crippen MR) is 84.9 cm³/mol. The minimum absolute atomic E-state index is 0.152. The molecule has 2 rings (SSSR count). The van der Waals surface area contributed by atoms with E-state index in [1.54, 1.807) is 23.4 Å². The molecule has 0 fully saturated rings. The van der Waals surface area contributed by atoms with Gasteiger partial charge in [-0.2, -0.15) is 0 Å². The molecule has 1 amide bonds. The summed E-state index contributed by atoms with van der Waals surface area (Å²) < 4.78 is 0. The van der Waals surface area contributed by atoms with E-state index in [-0.39, 0.29) is 5.91 Å². The van der Waals surface area contributed by atoms with Gasteiger partial charge in [0.05, 0.1) is 4.88 Å². The van der Waals surface area contributed by atoms with Crippen molar-refractivity contribution in [3.05, 3.63) is 57.8 Å². The number of carboxylic acids is 1. The van der Waals surface area contributed by atoms with Crippen LogP contribution < -0.4 is 4.90 Å². The Hall–Kier alpha value is -2.40. The fourth-order valence-electron chi connectivity index (χ4n) is 1.89. The number of anilines is 1. The number of carbonyl (C=O) groups is 2. The number of benzene rings is 1. The van der Waals surface area contributed by atoms with Crippen molar-refractivity contribution in [3.63, 3.8) is 0 Å². The first-order valence-corrected chi connectivity index (χ1v) is 7.20. The second-order valence-corrected chi connectivity index (χ2v) is 5.50. The zero-order valence-electron chi connectivity index (χ0n) is 11.7. The molecule has 0 spiro atoms. The maximum atomic E-state index is 12.5. The maximum absolute atomic E-state index is 12.5. The second-order valence-electron chi connectivity index (χ2n) is 4.58. The molecule has 2 aromatic rings. The van der Waals surface area contributed by atoms with E-state index < -0.39 is 5.97 Å². The summed E-state index contributed by atoms with van der Waals surface area (Å²) in [5.41, 5.74) is 2.50. The van der Waals surface area contributed by atoms with E-state index in [1.165, 1.54) is 17.4 Å². The van der Waals surface area contributed by atoms with Crippen LogP contribution in [0.3, 0.4) is 0 Å². The summed E-state index contributed by atoms with van der Waals surface area (Å²) in [5.74, 6) is -1.19. The summed E-state index contributed by atoms with van der Waals surface area (Å²) in [4.78, 5) is 25.2. The van der Waals surface area contributed by atoms with Gasteiger partial charge in [0.2, 0.25) is 0 Å². The van der Waals surface area contributed by atoms with Crippen molar-refractivity contribution in [2.24, 2.45) is 0 Å². The van der Waals surface area contributed by atoms with Crippen molar-refractivity contribution in [2.45, 2.75) is 6.92 Å². The Bertz CT molecular complexity index is 703. The summed E-state index contributed by atoms with van der Waals surface area (Å²) in [7, 11) is 1.71. The second kappa shape index (κ2) is 6.37. The molecule has 4 nitrogen and oxygen atoms in total. The molecule has 0 saturated heterocycles. The minimum atomic E-state index is -1.04. The van der Waals surface area contributed by atoms with Crippen LogP contribution in [0.1, 0.15) is 20.8 Å². The molecular formula is C16H15NO3S. The average molecular weight is 301 g/mol. The van der Waals surface area contributed by atoms with Crippen LogP contribution in [0.25, 0.3) is 6.08 Å². The van der Waals surface area contributed by atoms with Gasteiger partial charge in [0, 0.05) is 18.8 Å². The number of nitrogens with zero attached hydrogens (tertiary/aromatic N) is 1. The summed E-state index contributed by atoms with van der Waals surface area (Å²) in [6.45, 7) is 1.97. The molecule has 0 unspecified atom stereocenters. The van der Waals surface area contributed by atoms with E-state index >= 15 is 0 Å². The largest absolute Gasteiger partial charge is 0.478 e. The molecule has 0 aliphatic rings. The molecule has 0 aliphatic carbocycles. The molecule has 21 heavy (non-hydrogen) atoms. The van der Waals surface area contributed by atoms with Crippen LogP contribution in [0.4, 0.5) is 5.69 Å². The molecule has 1 aromatic heterocycles.